The molecule has 5 nitrogen and oxygen atoms in total. The molecular formula is C15H15Cl2NO4. The molecule has 1 aromatic carbocycles. The summed E-state index contributed by atoms with van der Waals surface area (Å²) < 4.78 is 15.8. The summed E-state index contributed by atoms with van der Waals surface area (Å²) >= 11 is 11.8. The van der Waals surface area contributed by atoms with E-state index in [-0.39, 0.29) is 11.0 Å². The van der Waals surface area contributed by atoms with Gasteiger partial charge in [0.2, 0.25) is 0 Å². The SMILES string of the molecule is CCOCCOc1c(Cl)cccc1NC(=O)c1ccc(Cl)o1. The average Bonchev–Trinajstić information content (AvgIpc) is 2.92. The Morgan fingerprint density at radius 2 is 2.05 bits per heavy atom. The number of carbonyl (C=O) groups excluding carboxylic acids is 1. The predicted octanol–water partition coefficient (Wildman–Crippen LogP) is 4.25. The Morgan fingerprint density at radius 3 is 2.73 bits per heavy atom. The van der Waals surface area contributed by atoms with Crippen molar-refractivity contribution in [2.75, 3.05) is 25.1 Å². The van der Waals surface area contributed by atoms with Gasteiger partial charge in [0.1, 0.15) is 6.61 Å². The zero-order valence-electron chi connectivity index (χ0n) is 11.9. The summed E-state index contributed by atoms with van der Waals surface area (Å²) in [6.45, 7) is 3.26. The summed E-state index contributed by atoms with van der Waals surface area (Å²) in [7, 11) is 0. The van der Waals surface area contributed by atoms with Crippen LogP contribution in [0.4, 0.5) is 5.69 Å². The second-order valence-electron chi connectivity index (χ2n) is 4.22. The third kappa shape index (κ3) is 4.40. The summed E-state index contributed by atoms with van der Waals surface area (Å²) in [5.41, 5.74) is 0.446. The molecule has 0 unspecified atom stereocenters. The molecule has 2 aromatic rings. The van der Waals surface area contributed by atoms with Gasteiger partial charge in [0.05, 0.1) is 17.3 Å². The molecule has 0 saturated carbocycles. The van der Waals surface area contributed by atoms with Crippen molar-refractivity contribution in [3.05, 3.63) is 46.3 Å². The zero-order chi connectivity index (χ0) is 15.9. The van der Waals surface area contributed by atoms with E-state index in [0.717, 1.165) is 0 Å². The number of ether oxygens (including phenoxy) is 2. The van der Waals surface area contributed by atoms with E-state index < -0.39 is 5.91 Å². The minimum absolute atomic E-state index is 0.102. The van der Waals surface area contributed by atoms with Gasteiger partial charge in [-0.3, -0.25) is 4.79 Å². The summed E-state index contributed by atoms with van der Waals surface area (Å²) in [6, 6.07) is 8.05. The van der Waals surface area contributed by atoms with Crippen LogP contribution in [0, 0.1) is 0 Å². The molecule has 1 N–H and O–H groups in total. The summed E-state index contributed by atoms with van der Waals surface area (Å²) in [5.74, 6) is 0.0453. The molecule has 118 valence electrons. The second-order valence-corrected chi connectivity index (χ2v) is 5.00. The van der Waals surface area contributed by atoms with Gasteiger partial charge < -0.3 is 19.2 Å². The van der Waals surface area contributed by atoms with Crippen LogP contribution in [0.5, 0.6) is 5.75 Å². The number of furan rings is 1. The Bertz CT molecular complexity index is 642. The maximum Gasteiger partial charge on any atom is 0.291 e. The molecule has 0 aliphatic heterocycles. The van der Waals surface area contributed by atoms with Gasteiger partial charge in [0, 0.05) is 6.61 Å². The first-order chi connectivity index (χ1) is 10.6. The van der Waals surface area contributed by atoms with E-state index in [2.05, 4.69) is 5.32 Å². The van der Waals surface area contributed by atoms with Gasteiger partial charge >= 0.3 is 0 Å². The van der Waals surface area contributed by atoms with Crippen molar-refractivity contribution in [3.8, 4) is 5.75 Å². The number of amides is 1. The average molecular weight is 344 g/mol. The topological polar surface area (TPSA) is 60.7 Å². The molecule has 2 rings (SSSR count). The fraction of sp³-hybridized carbons (Fsp3) is 0.267. The highest BCUT2D eigenvalue weighted by molar-refractivity contribution is 6.32. The molecule has 0 fully saturated rings. The highest BCUT2D eigenvalue weighted by Crippen LogP contribution is 2.33. The predicted molar refractivity (Wildman–Crippen MR) is 85.1 cm³/mol. The maximum atomic E-state index is 12.1. The monoisotopic (exact) mass is 343 g/mol. The van der Waals surface area contributed by atoms with E-state index in [9.17, 15) is 4.79 Å². The van der Waals surface area contributed by atoms with Crippen LogP contribution in [0.15, 0.2) is 34.7 Å². The summed E-state index contributed by atoms with van der Waals surface area (Å²) in [5, 5.41) is 3.22. The number of halogens is 2. The molecule has 0 aliphatic rings. The third-order valence-corrected chi connectivity index (χ3v) is 3.19. The quantitative estimate of drug-likeness (QED) is 0.763. The number of hydrogen-bond donors (Lipinski definition) is 1. The zero-order valence-corrected chi connectivity index (χ0v) is 13.4. The lowest BCUT2D eigenvalue weighted by atomic mass is 10.2. The molecule has 0 saturated heterocycles. The van der Waals surface area contributed by atoms with Crippen LogP contribution in [0.2, 0.25) is 10.2 Å². The Kier molecular flexibility index (Phi) is 6.12. The molecule has 0 spiro atoms. The van der Waals surface area contributed by atoms with Crippen molar-refractivity contribution < 1.29 is 18.7 Å². The van der Waals surface area contributed by atoms with Gasteiger partial charge in [-0.05, 0) is 42.8 Å². The van der Waals surface area contributed by atoms with Crippen LogP contribution in [0.3, 0.4) is 0 Å². The van der Waals surface area contributed by atoms with Crippen molar-refractivity contribution in [1.29, 1.82) is 0 Å². The van der Waals surface area contributed by atoms with Gasteiger partial charge in [-0.15, -0.1) is 0 Å². The van der Waals surface area contributed by atoms with Gasteiger partial charge in [-0.2, -0.15) is 0 Å². The Balaban J connectivity index is 2.09. The molecule has 7 heteroatoms. The highest BCUT2D eigenvalue weighted by Gasteiger charge is 2.15. The Labute approximate surface area is 138 Å². The van der Waals surface area contributed by atoms with Crippen LogP contribution in [-0.2, 0) is 4.74 Å². The minimum Gasteiger partial charge on any atom is -0.487 e. The molecule has 1 aromatic heterocycles. The molecular weight excluding hydrogens is 329 g/mol. The van der Waals surface area contributed by atoms with E-state index >= 15 is 0 Å². The number of anilines is 1. The number of benzene rings is 1. The van der Waals surface area contributed by atoms with Crippen molar-refractivity contribution in [2.24, 2.45) is 0 Å². The highest BCUT2D eigenvalue weighted by atomic mass is 35.5. The lowest BCUT2D eigenvalue weighted by Crippen LogP contribution is -2.13. The lowest BCUT2D eigenvalue weighted by Gasteiger charge is -2.13. The van der Waals surface area contributed by atoms with Crippen molar-refractivity contribution >= 4 is 34.8 Å². The number of hydrogen-bond acceptors (Lipinski definition) is 4. The van der Waals surface area contributed by atoms with E-state index in [1.165, 1.54) is 12.1 Å². The Hall–Kier alpha value is -1.69. The standard InChI is InChI=1S/C15H15Cl2NO4/c1-2-20-8-9-21-14-10(16)4-3-5-11(14)18-15(19)12-6-7-13(17)22-12/h3-7H,2,8-9H2,1H3,(H,18,19). The first kappa shape index (κ1) is 16.7. The fourth-order valence-electron chi connectivity index (χ4n) is 1.72. The second kappa shape index (κ2) is 8.08. The van der Waals surface area contributed by atoms with Crippen LogP contribution in [-0.4, -0.2) is 25.7 Å². The fourth-order valence-corrected chi connectivity index (χ4v) is 2.10. The molecule has 1 amide bonds. The van der Waals surface area contributed by atoms with E-state index in [1.54, 1.807) is 18.2 Å². The van der Waals surface area contributed by atoms with E-state index in [4.69, 9.17) is 37.1 Å². The lowest BCUT2D eigenvalue weighted by molar-refractivity contribution is 0.0994. The van der Waals surface area contributed by atoms with Crippen LogP contribution >= 0.6 is 23.2 Å². The molecule has 0 aliphatic carbocycles. The van der Waals surface area contributed by atoms with Crippen LogP contribution < -0.4 is 10.1 Å². The minimum atomic E-state index is -0.441. The number of rotatable bonds is 7. The number of para-hydroxylation sites is 1. The van der Waals surface area contributed by atoms with E-state index in [1.807, 2.05) is 6.92 Å². The van der Waals surface area contributed by atoms with Crippen molar-refractivity contribution in [2.45, 2.75) is 6.92 Å². The summed E-state index contributed by atoms with van der Waals surface area (Å²) in [4.78, 5) is 12.1. The first-order valence-electron chi connectivity index (χ1n) is 6.67. The number of carbonyl (C=O) groups is 1. The van der Waals surface area contributed by atoms with E-state index in [0.29, 0.717) is 36.3 Å². The van der Waals surface area contributed by atoms with Gasteiger partial charge in [0.15, 0.2) is 16.7 Å². The van der Waals surface area contributed by atoms with Gasteiger partial charge in [0.25, 0.3) is 5.91 Å². The number of nitrogens with one attached hydrogen (secondary N) is 1. The van der Waals surface area contributed by atoms with Crippen molar-refractivity contribution in [1.82, 2.24) is 0 Å². The maximum absolute atomic E-state index is 12.1. The first-order valence-corrected chi connectivity index (χ1v) is 7.43. The van der Waals surface area contributed by atoms with Gasteiger partial charge in [-0.1, -0.05) is 17.7 Å². The molecule has 1 heterocycles. The summed E-state index contributed by atoms with van der Waals surface area (Å²) in [6.07, 6.45) is 0. The van der Waals surface area contributed by atoms with Crippen molar-refractivity contribution in [3.63, 3.8) is 0 Å². The molecule has 22 heavy (non-hydrogen) atoms. The normalized spacial score (nSPS) is 10.5. The Morgan fingerprint density at radius 1 is 1.23 bits per heavy atom. The molecule has 0 bridgehead atoms. The molecule has 0 radical (unpaired) electrons. The van der Waals surface area contributed by atoms with Crippen LogP contribution in [0.25, 0.3) is 0 Å². The molecule has 0 atom stereocenters. The van der Waals surface area contributed by atoms with Gasteiger partial charge in [-0.25, -0.2) is 0 Å². The third-order valence-electron chi connectivity index (χ3n) is 2.69. The largest absolute Gasteiger partial charge is 0.487 e. The van der Waals surface area contributed by atoms with Crippen LogP contribution in [0.1, 0.15) is 17.5 Å². The smallest absolute Gasteiger partial charge is 0.291 e.